The number of furan rings is 1. The van der Waals surface area contributed by atoms with Gasteiger partial charge in [-0.05, 0) is 25.5 Å². The molecule has 6 heteroatoms. The van der Waals surface area contributed by atoms with E-state index in [0.29, 0.717) is 39.3 Å². The molecule has 0 bridgehead atoms. The van der Waals surface area contributed by atoms with Gasteiger partial charge >= 0.3 is 0 Å². The lowest BCUT2D eigenvalue weighted by Gasteiger charge is -2.17. The Kier molecular flexibility index (Phi) is 2.87. The van der Waals surface area contributed by atoms with Crippen molar-refractivity contribution in [3.63, 3.8) is 0 Å². The molecule has 0 radical (unpaired) electrons. The molecule has 2 aliphatic rings. The number of hydrogen-bond donors (Lipinski definition) is 1. The first-order chi connectivity index (χ1) is 11.6. The third kappa shape index (κ3) is 1.69. The van der Waals surface area contributed by atoms with Gasteiger partial charge in [0.15, 0.2) is 5.49 Å². The van der Waals surface area contributed by atoms with Crippen molar-refractivity contribution in [2.75, 3.05) is 7.11 Å². The van der Waals surface area contributed by atoms with E-state index in [1.807, 2.05) is 19.1 Å². The predicted octanol–water partition coefficient (Wildman–Crippen LogP) is 3.66. The number of hydrogen-bond acceptors (Lipinski definition) is 6. The first-order valence-electron chi connectivity index (χ1n) is 7.33. The van der Waals surface area contributed by atoms with Crippen molar-refractivity contribution >= 4 is 21.9 Å². The number of aromatic nitrogens is 1. The topological polar surface area (TPSA) is 96.0 Å². The zero-order chi connectivity index (χ0) is 17.0. The van der Waals surface area contributed by atoms with Gasteiger partial charge < -0.3 is 13.6 Å². The molecule has 4 rings (SSSR count). The number of fused-ring (bicyclic) bond motifs is 4. The summed E-state index contributed by atoms with van der Waals surface area (Å²) in [5.74, 6) is 1.22. The second-order valence-corrected chi connectivity index (χ2v) is 5.57. The van der Waals surface area contributed by atoms with Crippen molar-refractivity contribution < 1.29 is 13.6 Å². The maximum absolute atomic E-state index is 9.30. The highest BCUT2D eigenvalue weighted by Crippen LogP contribution is 2.43. The summed E-state index contributed by atoms with van der Waals surface area (Å²) < 4.78 is 17.0. The molecule has 0 fully saturated rings. The van der Waals surface area contributed by atoms with Crippen LogP contribution in [-0.2, 0) is 0 Å². The number of methoxy groups -OCH3 is 1. The summed E-state index contributed by atoms with van der Waals surface area (Å²) in [4.78, 5) is 4.37. The molecule has 0 unspecified atom stereocenters. The Balaban J connectivity index is 2.34. The van der Waals surface area contributed by atoms with Crippen molar-refractivity contribution in [2.24, 2.45) is 0 Å². The Morgan fingerprint density at radius 1 is 1.29 bits per heavy atom. The number of rotatable bonds is 1. The number of ether oxygens (including phenoxy) is 1. The molecular weight excluding hydrogens is 306 g/mol. The van der Waals surface area contributed by atoms with Crippen LogP contribution in [0.2, 0.25) is 0 Å². The maximum atomic E-state index is 9.30. The highest BCUT2D eigenvalue weighted by atomic mass is 16.5. The molecule has 0 aliphatic carbocycles. The Morgan fingerprint density at radius 3 is 2.79 bits per heavy atom. The third-order valence-electron chi connectivity index (χ3n) is 4.29. The second kappa shape index (κ2) is 4.83. The minimum atomic E-state index is -0.0521. The number of nitrogens with one attached hydrogen (secondary N) is 1. The summed E-state index contributed by atoms with van der Waals surface area (Å²) in [6.07, 6.45) is 1.59. The van der Waals surface area contributed by atoms with Gasteiger partial charge in [-0.15, -0.1) is 0 Å². The second-order valence-electron chi connectivity index (χ2n) is 5.57. The van der Waals surface area contributed by atoms with E-state index in [9.17, 15) is 5.26 Å². The van der Waals surface area contributed by atoms with E-state index >= 15 is 0 Å². The van der Waals surface area contributed by atoms with E-state index in [2.05, 4.69) is 4.98 Å². The molecule has 6 nitrogen and oxygen atoms in total. The van der Waals surface area contributed by atoms with Gasteiger partial charge in [-0.2, -0.15) is 5.26 Å². The van der Waals surface area contributed by atoms with E-state index in [1.54, 1.807) is 26.4 Å². The fraction of sp³-hybridized carbons (Fsp3) is 0.167. The molecule has 1 aromatic heterocycles. The van der Waals surface area contributed by atoms with Gasteiger partial charge in [0, 0.05) is 11.6 Å². The average Bonchev–Trinajstić information content (AvgIpc) is 3.00. The van der Waals surface area contributed by atoms with Crippen molar-refractivity contribution in [2.45, 2.75) is 13.8 Å². The summed E-state index contributed by atoms with van der Waals surface area (Å²) in [5.41, 5.74) is 3.43. The quantitative estimate of drug-likeness (QED) is 0.540. The van der Waals surface area contributed by atoms with E-state index < -0.39 is 0 Å². The third-order valence-corrected chi connectivity index (χ3v) is 4.29. The smallest absolute Gasteiger partial charge is 0.163 e. The van der Waals surface area contributed by atoms with Crippen LogP contribution in [0.15, 0.2) is 27.2 Å². The summed E-state index contributed by atoms with van der Waals surface area (Å²) in [6.45, 7) is 3.62. The zero-order valence-electron chi connectivity index (χ0n) is 13.4. The number of pyridine rings is 1. The minimum Gasteiger partial charge on any atom is -0.495 e. The molecule has 0 saturated carbocycles. The summed E-state index contributed by atoms with van der Waals surface area (Å²) in [6, 6.07) is 5.65. The van der Waals surface area contributed by atoms with E-state index in [1.165, 1.54) is 0 Å². The Bertz CT molecular complexity index is 1190. The van der Waals surface area contributed by atoms with Gasteiger partial charge in [-0.25, -0.2) is 4.98 Å². The van der Waals surface area contributed by atoms with E-state index in [-0.39, 0.29) is 11.1 Å². The van der Waals surface area contributed by atoms with Crippen molar-refractivity contribution in [1.29, 1.82) is 10.7 Å². The lowest BCUT2D eigenvalue weighted by Crippen LogP contribution is -2.16. The van der Waals surface area contributed by atoms with Crippen LogP contribution in [0.25, 0.3) is 33.2 Å². The molecule has 118 valence electrons. The molecule has 2 aliphatic heterocycles. The van der Waals surface area contributed by atoms with E-state index in [0.717, 1.165) is 10.9 Å². The molecule has 0 atom stereocenters. The van der Waals surface area contributed by atoms with Crippen molar-refractivity contribution in [3.05, 3.63) is 40.8 Å². The van der Waals surface area contributed by atoms with Gasteiger partial charge in [-0.3, -0.25) is 5.41 Å². The van der Waals surface area contributed by atoms with Crippen LogP contribution in [0.4, 0.5) is 0 Å². The first kappa shape index (κ1) is 14.3. The molecule has 2 aromatic rings. The fourth-order valence-corrected chi connectivity index (χ4v) is 3.24. The van der Waals surface area contributed by atoms with Crippen LogP contribution in [0.1, 0.15) is 16.9 Å². The Labute approximate surface area is 136 Å². The lowest BCUT2D eigenvalue weighted by molar-refractivity contribution is 0.423. The van der Waals surface area contributed by atoms with Crippen molar-refractivity contribution in [3.8, 4) is 23.1 Å². The summed E-state index contributed by atoms with van der Waals surface area (Å²) >= 11 is 0. The zero-order valence-corrected chi connectivity index (χ0v) is 13.4. The molecule has 24 heavy (non-hydrogen) atoms. The number of nitriles is 1. The van der Waals surface area contributed by atoms with Crippen LogP contribution in [0, 0.1) is 30.6 Å². The fourth-order valence-electron chi connectivity index (χ4n) is 3.24. The summed E-state index contributed by atoms with van der Waals surface area (Å²) in [5, 5.41) is 18.9. The van der Waals surface area contributed by atoms with Crippen LogP contribution in [0.5, 0.6) is 5.75 Å². The Morgan fingerprint density at radius 2 is 2.08 bits per heavy atom. The lowest BCUT2D eigenvalue weighted by atomic mass is 9.96. The minimum absolute atomic E-state index is 0.0521. The van der Waals surface area contributed by atoms with Gasteiger partial charge in [0.1, 0.15) is 28.7 Å². The van der Waals surface area contributed by atoms with Crippen LogP contribution in [-0.4, -0.2) is 12.1 Å². The molecular formula is C18H13N3O3. The molecule has 0 amide bonds. The van der Waals surface area contributed by atoms with Crippen LogP contribution < -0.4 is 10.2 Å². The average molecular weight is 319 g/mol. The van der Waals surface area contributed by atoms with Gasteiger partial charge in [0.2, 0.25) is 0 Å². The molecule has 0 spiro atoms. The van der Waals surface area contributed by atoms with Gasteiger partial charge in [-0.1, -0.05) is 0 Å². The highest BCUT2D eigenvalue weighted by molar-refractivity contribution is 6.08. The Hall–Kier alpha value is -3.33. The summed E-state index contributed by atoms with van der Waals surface area (Å²) in [7, 11) is 1.57. The molecule has 0 saturated heterocycles. The number of benzene rings is 1. The van der Waals surface area contributed by atoms with Crippen LogP contribution in [0.3, 0.4) is 0 Å². The van der Waals surface area contributed by atoms with E-state index in [4.69, 9.17) is 19.0 Å². The SMILES string of the molecule is COc1c2ccoc2cc2oc(C)c3c(C)c(C#N)c(=N)nc-3c12. The highest BCUT2D eigenvalue weighted by Gasteiger charge is 2.24. The molecule has 3 heterocycles. The maximum Gasteiger partial charge on any atom is 0.163 e. The largest absolute Gasteiger partial charge is 0.495 e. The van der Waals surface area contributed by atoms with Gasteiger partial charge in [0.25, 0.3) is 0 Å². The molecule has 1 aromatic carbocycles. The first-order valence-corrected chi connectivity index (χ1v) is 7.33. The number of nitrogens with zero attached hydrogens (tertiary/aromatic N) is 2. The van der Waals surface area contributed by atoms with Crippen LogP contribution >= 0.6 is 0 Å². The van der Waals surface area contributed by atoms with Crippen molar-refractivity contribution in [1.82, 2.24) is 4.98 Å². The standard InChI is InChI=1S/C18H13N3O3/c1-8-11(7-19)18(20)21-16-14(8)9(2)24-13-6-12-10(4-5-23-12)17(22-3)15(13)16/h4-6,20H,1-3H3. The monoisotopic (exact) mass is 319 g/mol. The molecule has 1 N–H and O–H groups in total. The number of aryl methyl sites for hydroxylation is 1. The normalized spacial score (nSPS) is 11.2. The predicted molar refractivity (Wildman–Crippen MR) is 87.0 cm³/mol. The van der Waals surface area contributed by atoms with Gasteiger partial charge in [0.05, 0.1) is 35.4 Å².